The number of nitrogens with one attached hydrogen (secondary N) is 1. The van der Waals surface area contributed by atoms with E-state index in [4.69, 9.17) is 4.74 Å². The molecule has 0 aliphatic rings. The van der Waals surface area contributed by atoms with Gasteiger partial charge in [0.2, 0.25) is 0 Å². The van der Waals surface area contributed by atoms with E-state index in [0.29, 0.717) is 6.61 Å². The van der Waals surface area contributed by atoms with Crippen molar-refractivity contribution >= 4 is 11.5 Å². The third-order valence-corrected chi connectivity index (χ3v) is 2.37. The highest BCUT2D eigenvalue weighted by molar-refractivity contribution is 5.50. The minimum absolute atomic E-state index is 0.0267. The number of hydrogen-bond acceptors (Lipinski definition) is 4. The highest BCUT2D eigenvalue weighted by Crippen LogP contribution is 2.11. The molecular weight excluding hydrogens is 206 g/mol. The minimum Gasteiger partial charge on any atom is -0.394 e. The Balaban J connectivity index is 2.22. The van der Waals surface area contributed by atoms with Gasteiger partial charge in [0.25, 0.3) is 0 Å². The number of rotatable bonds is 5. The SMILES string of the molecule is COCC(CO)Nc1cccc2nccn12. The smallest absolute Gasteiger partial charge is 0.138 e. The van der Waals surface area contributed by atoms with Crippen molar-refractivity contribution in [2.24, 2.45) is 0 Å². The second-order valence-corrected chi connectivity index (χ2v) is 3.55. The van der Waals surface area contributed by atoms with Gasteiger partial charge in [-0.2, -0.15) is 0 Å². The van der Waals surface area contributed by atoms with Crippen LogP contribution in [0.4, 0.5) is 5.82 Å². The van der Waals surface area contributed by atoms with Gasteiger partial charge in [0.1, 0.15) is 11.5 Å². The van der Waals surface area contributed by atoms with Gasteiger partial charge >= 0.3 is 0 Å². The molecule has 2 heterocycles. The molecule has 0 aromatic carbocycles. The Morgan fingerprint density at radius 2 is 2.44 bits per heavy atom. The Hall–Kier alpha value is -1.59. The van der Waals surface area contributed by atoms with Crippen LogP contribution in [0, 0.1) is 0 Å². The molecule has 0 radical (unpaired) electrons. The summed E-state index contributed by atoms with van der Waals surface area (Å²) in [6.45, 7) is 0.487. The lowest BCUT2D eigenvalue weighted by atomic mass is 10.3. The van der Waals surface area contributed by atoms with Crippen molar-refractivity contribution in [3.8, 4) is 0 Å². The van der Waals surface area contributed by atoms with Crippen LogP contribution in [-0.2, 0) is 4.74 Å². The summed E-state index contributed by atoms with van der Waals surface area (Å²) in [5, 5.41) is 12.4. The first-order valence-electron chi connectivity index (χ1n) is 5.13. The molecule has 5 nitrogen and oxygen atoms in total. The molecule has 1 unspecified atom stereocenters. The van der Waals surface area contributed by atoms with Gasteiger partial charge in [-0.3, -0.25) is 4.40 Å². The van der Waals surface area contributed by atoms with Crippen molar-refractivity contribution in [1.29, 1.82) is 0 Å². The summed E-state index contributed by atoms with van der Waals surface area (Å²) in [7, 11) is 1.61. The van der Waals surface area contributed by atoms with Crippen LogP contribution in [0.25, 0.3) is 5.65 Å². The van der Waals surface area contributed by atoms with E-state index in [1.54, 1.807) is 13.3 Å². The number of aromatic nitrogens is 2. The molecule has 0 amide bonds. The van der Waals surface area contributed by atoms with Crippen LogP contribution in [0.5, 0.6) is 0 Å². The van der Waals surface area contributed by atoms with Crippen LogP contribution in [0.2, 0.25) is 0 Å². The Kier molecular flexibility index (Phi) is 3.38. The Morgan fingerprint density at radius 3 is 3.19 bits per heavy atom. The molecule has 5 heteroatoms. The highest BCUT2D eigenvalue weighted by Gasteiger charge is 2.08. The molecule has 2 aromatic heterocycles. The van der Waals surface area contributed by atoms with Gasteiger partial charge < -0.3 is 15.2 Å². The predicted octanol–water partition coefficient (Wildman–Crippen LogP) is 0.753. The molecular formula is C11H15N3O2. The second-order valence-electron chi connectivity index (χ2n) is 3.55. The Bertz CT molecular complexity index is 455. The average molecular weight is 221 g/mol. The molecule has 0 aliphatic carbocycles. The van der Waals surface area contributed by atoms with Gasteiger partial charge in [0, 0.05) is 19.5 Å². The molecule has 0 saturated carbocycles. The summed E-state index contributed by atoms with van der Waals surface area (Å²) in [5.74, 6) is 0.895. The van der Waals surface area contributed by atoms with Gasteiger partial charge in [0.05, 0.1) is 19.3 Å². The van der Waals surface area contributed by atoms with Crippen LogP contribution in [0.3, 0.4) is 0 Å². The normalized spacial score (nSPS) is 12.9. The largest absolute Gasteiger partial charge is 0.394 e. The maximum atomic E-state index is 9.17. The number of nitrogens with zero attached hydrogens (tertiary/aromatic N) is 2. The van der Waals surface area contributed by atoms with Gasteiger partial charge in [-0.05, 0) is 12.1 Å². The van der Waals surface area contributed by atoms with E-state index in [1.165, 1.54) is 0 Å². The first-order chi connectivity index (χ1) is 7.85. The Labute approximate surface area is 93.7 Å². The van der Waals surface area contributed by atoms with Crippen molar-refractivity contribution in [3.63, 3.8) is 0 Å². The summed E-state index contributed by atoms with van der Waals surface area (Å²) in [5.41, 5.74) is 0.874. The standard InChI is InChI=1S/C11H15N3O2/c1-16-8-9(7-15)13-11-4-2-3-10-12-5-6-14(10)11/h2-6,9,13,15H,7-8H2,1H3. The van der Waals surface area contributed by atoms with E-state index in [1.807, 2.05) is 28.8 Å². The number of methoxy groups -OCH3 is 1. The number of ether oxygens (including phenoxy) is 1. The lowest BCUT2D eigenvalue weighted by Crippen LogP contribution is -2.29. The lowest BCUT2D eigenvalue weighted by molar-refractivity contribution is 0.153. The van der Waals surface area contributed by atoms with Crippen molar-refractivity contribution in [2.75, 3.05) is 25.6 Å². The van der Waals surface area contributed by atoms with Gasteiger partial charge in [-0.15, -0.1) is 0 Å². The summed E-state index contributed by atoms with van der Waals surface area (Å²) < 4.78 is 6.94. The van der Waals surface area contributed by atoms with Gasteiger partial charge in [-0.1, -0.05) is 6.07 Å². The fraction of sp³-hybridized carbons (Fsp3) is 0.364. The van der Waals surface area contributed by atoms with E-state index < -0.39 is 0 Å². The summed E-state index contributed by atoms with van der Waals surface area (Å²) in [6.07, 6.45) is 3.61. The van der Waals surface area contributed by atoms with Crippen LogP contribution in [0.15, 0.2) is 30.6 Å². The Morgan fingerprint density at radius 1 is 1.56 bits per heavy atom. The molecule has 2 rings (SSSR count). The monoisotopic (exact) mass is 221 g/mol. The molecule has 0 spiro atoms. The number of anilines is 1. The number of fused-ring (bicyclic) bond motifs is 1. The molecule has 1 atom stereocenters. The van der Waals surface area contributed by atoms with E-state index in [2.05, 4.69) is 10.3 Å². The third-order valence-electron chi connectivity index (χ3n) is 2.37. The summed E-state index contributed by atoms with van der Waals surface area (Å²) in [6, 6.07) is 5.67. The van der Waals surface area contributed by atoms with Crippen molar-refractivity contribution in [2.45, 2.75) is 6.04 Å². The summed E-state index contributed by atoms with van der Waals surface area (Å²) in [4.78, 5) is 4.19. The molecule has 2 N–H and O–H groups in total. The van der Waals surface area contributed by atoms with E-state index in [9.17, 15) is 5.11 Å². The van der Waals surface area contributed by atoms with Crippen LogP contribution in [0.1, 0.15) is 0 Å². The van der Waals surface area contributed by atoms with E-state index >= 15 is 0 Å². The van der Waals surface area contributed by atoms with Crippen LogP contribution < -0.4 is 5.32 Å². The molecule has 0 aliphatic heterocycles. The quantitative estimate of drug-likeness (QED) is 0.782. The molecule has 86 valence electrons. The average Bonchev–Trinajstić information content (AvgIpc) is 2.77. The van der Waals surface area contributed by atoms with Crippen molar-refractivity contribution < 1.29 is 9.84 Å². The van der Waals surface area contributed by atoms with Gasteiger partial charge in [0.15, 0.2) is 0 Å². The topological polar surface area (TPSA) is 58.8 Å². The zero-order valence-corrected chi connectivity index (χ0v) is 9.13. The lowest BCUT2D eigenvalue weighted by Gasteiger charge is -2.17. The first-order valence-corrected chi connectivity index (χ1v) is 5.13. The van der Waals surface area contributed by atoms with Gasteiger partial charge in [-0.25, -0.2) is 4.98 Å². The number of pyridine rings is 1. The number of imidazole rings is 1. The van der Waals surface area contributed by atoms with Crippen molar-refractivity contribution in [3.05, 3.63) is 30.6 Å². The predicted molar refractivity (Wildman–Crippen MR) is 61.6 cm³/mol. The van der Waals surface area contributed by atoms with Crippen LogP contribution in [-0.4, -0.2) is 40.9 Å². The zero-order valence-electron chi connectivity index (χ0n) is 9.13. The van der Waals surface area contributed by atoms with Crippen molar-refractivity contribution in [1.82, 2.24) is 9.38 Å². The first kappa shape index (κ1) is 10.9. The molecule has 0 fully saturated rings. The highest BCUT2D eigenvalue weighted by atomic mass is 16.5. The summed E-state index contributed by atoms with van der Waals surface area (Å²) >= 11 is 0. The molecule has 2 aromatic rings. The minimum atomic E-state index is -0.113. The number of aliphatic hydroxyl groups is 1. The number of aliphatic hydroxyl groups excluding tert-OH is 1. The fourth-order valence-electron chi connectivity index (χ4n) is 1.62. The second kappa shape index (κ2) is 4.96. The molecule has 0 saturated heterocycles. The maximum Gasteiger partial charge on any atom is 0.138 e. The zero-order chi connectivity index (χ0) is 11.4. The van der Waals surface area contributed by atoms with E-state index in [-0.39, 0.29) is 12.6 Å². The van der Waals surface area contributed by atoms with E-state index in [0.717, 1.165) is 11.5 Å². The van der Waals surface area contributed by atoms with Crippen LogP contribution >= 0.6 is 0 Å². The third kappa shape index (κ3) is 2.15. The maximum absolute atomic E-state index is 9.17. The fourth-order valence-corrected chi connectivity index (χ4v) is 1.62. The molecule has 16 heavy (non-hydrogen) atoms. The number of hydrogen-bond donors (Lipinski definition) is 2. The molecule has 0 bridgehead atoms.